The molecule has 0 spiro atoms. The summed E-state index contributed by atoms with van der Waals surface area (Å²) in [6.45, 7) is 7.62. The number of nitrogens with zero attached hydrogens (tertiary/aromatic N) is 1. The third kappa shape index (κ3) is 4.30. The summed E-state index contributed by atoms with van der Waals surface area (Å²) in [5, 5.41) is 8.94. The fourth-order valence-electron chi connectivity index (χ4n) is 1.94. The van der Waals surface area contributed by atoms with E-state index < -0.39 is 0 Å². The highest BCUT2D eigenvalue weighted by molar-refractivity contribution is 4.91. The molecule has 0 bridgehead atoms. The minimum Gasteiger partial charge on any atom is -0.395 e. The van der Waals surface area contributed by atoms with Crippen LogP contribution in [0.2, 0.25) is 0 Å². The molecule has 0 radical (unpaired) electrons. The molecule has 0 aromatic heterocycles. The second-order valence-electron chi connectivity index (χ2n) is 4.22. The lowest BCUT2D eigenvalue weighted by molar-refractivity contribution is 0.0371. The van der Waals surface area contributed by atoms with Gasteiger partial charge in [0, 0.05) is 38.4 Å². The SMILES string of the molecule is C=CCN(CCO)CC1(N)CCOCC1. The molecular weight excluding hydrogens is 192 g/mol. The molecule has 1 heterocycles. The van der Waals surface area contributed by atoms with Crippen molar-refractivity contribution < 1.29 is 9.84 Å². The van der Waals surface area contributed by atoms with Crippen LogP contribution in [0.25, 0.3) is 0 Å². The van der Waals surface area contributed by atoms with Crippen molar-refractivity contribution in [1.29, 1.82) is 0 Å². The molecule has 3 N–H and O–H groups in total. The molecule has 0 aromatic rings. The first-order valence-electron chi connectivity index (χ1n) is 5.51. The van der Waals surface area contributed by atoms with Crippen molar-refractivity contribution in [3.63, 3.8) is 0 Å². The van der Waals surface area contributed by atoms with Crippen LogP contribution in [-0.2, 0) is 4.74 Å². The average Bonchev–Trinajstić information content (AvgIpc) is 2.19. The number of aliphatic hydroxyl groups is 1. The zero-order chi connectivity index (χ0) is 11.1. The summed E-state index contributed by atoms with van der Waals surface area (Å²) in [5.41, 5.74) is 6.13. The maximum absolute atomic E-state index is 8.94. The highest BCUT2D eigenvalue weighted by Crippen LogP contribution is 2.18. The Balaban J connectivity index is 2.43. The Morgan fingerprint density at radius 2 is 2.13 bits per heavy atom. The zero-order valence-electron chi connectivity index (χ0n) is 9.32. The molecule has 1 rings (SSSR count). The molecule has 0 unspecified atom stereocenters. The van der Waals surface area contributed by atoms with Crippen molar-refractivity contribution in [1.82, 2.24) is 4.90 Å². The van der Waals surface area contributed by atoms with Gasteiger partial charge in [-0.25, -0.2) is 0 Å². The van der Waals surface area contributed by atoms with Crippen LogP contribution in [0.5, 0.6) is 0 Å². The molecule has 15 heavy (non-hydrogen) atoms. The predicted octanol–water partition coefficient (Wildman–Crippen LogP) is -0.0254. The van der Waals surface area contributed by atoms with Gasteiger partial charge in [0.15, 0.2) is 0 Å². The molecule has 4 nitrogen and oxygen atoms in total. The molecule has 88 valence electrons. The summed E-state index contributed by atoms with van der Waals surface area (Å²) < 4.78 is 5.30. The number of aliphatic hydroxyl groups excluding tert-OH is 1. The van der Waals surface area contributed by atoms with E-state index in [0.717, 1.165) is 39.1 Å². The molecule has 4 heteroatoms. The summed E-state index contributed by atoms with van der Waals surface area (Å²) >= 11 is 0. The molecule has 1 saturated heterocycles. The lowest BCUT2D eigenvalue weighted by Crippen LogP contribution is -2.54. The van der Waals surface area contributed by atoms with Gasteiger partial charge in [0.1, 0.15) is 0 Å². The van der Waals surface area contributed by atoms with Crippen molar-refractivity contribution in [3.8, 4) is 0 Å². The molecule has 0 aliphatic carbocycles. The van der Waals surface area contributed by atoms with E-state index in [1.807, 2.05) is 6.08 Å². The van der Waals surface area contributed by atoms with Gasteiger partial charge in [0.25, 0.3) is 0 Å². The van der Waals surface area contributed by atoms with E-state index in [-0.39, 0.29) is 12.1 Å². The molecule has 0 saturated carbocycles. The maximum Gasteiger partial charge on any atom is 0.0558 e. The zero-order valence-corrected chi connectivity index (χ0v) is 9.32. The van der Waals surface area contributed by atoms with E-state index in [9.17, 15) is 0 Å². The van der Waals surface area contributed by atoms with E-state index in [0.29, 0.717) is 6.54 Å². The number of ether oxygens (including phenoxy) is 1. The van der Waals surface area contributed by atoms with Crippen molar-refractivity contribution in [3.05, 3.63) is 12.7 Å². The first kappa shape index (κ1) is 12.6. The monoisotopic (exact) mass is 214 g/mol. The summed E-state index contributed by atoms with van der Waals surface area (Å²) in [4.78, 5) is 2.14. The van der Waals surface area contributed by atoms with Crippen LogP contribution in [0.3, 0.4) is 0 Å². The molecule has 0 atom stereocenters. The van der Waals surface area contributed by atoms with Crippen molar-refractivity contribution in [2.24, 2.45) is 5.73 Å². The van der Waals surface area contributed by atoms with Gasteiger partial charge >= 0.3 is 0 Å². The smallest absolute Gasteiger partial charge is 0.0558 e. The molecule has 0 amide bonds. The van der Waals surface area contributed by atoms with E-state index >= 15 is 0 Å². The Morgan fingerprint density at radius 1 is 1.47 bits per heavy atom. The number of hydrogen-bond acceptors (Lipinski definition) is 4. The second-order valence-corrected chi connectivity index (χ2v) is 4.22. The Kier molecular flexibility index (Phi) is 5.25. The first-order chi connectivity index (χ1) is 7.20. The summed E-state index contributed by atoms with van der Waals surface area (Å²) in [6.07, 6.45) is 3.64. The summed E-state index contributed by atoms with van der Waals surface area (Å²) in [7, 11) is 0. The van der Waals surface area contributed by atoms with Crippen LogP contribution in [0.4, 0.5) is 0 Å². The minimum absolute atomic E-state index is 0.156. The molecule has 0 aromatic carbocycles. The van der Waals surface area contributed by atoms with Crippen LogP contribution in [0.15, 0.2) is 12.7 Å². The third-order valence-electron chi connectivity index (χ3n) is 2.83. The van der Waals surface area contributed by atoms with E-state index in [1.54, 1.807) is 0 Å². The minimum atomic E-state index is -0.156. The fourth-order valence-corrected chi connectivity index (χ4v) is 1.94. The van der Waals surface area contributed by atoms with E-state index in [4.69, 9.17) is 15.6 Å². The van der Waals surface area contributed by atoms with Crippen LogP contribution < -0.4 is 5.73 Å². The van der Waals surface area contributed by atoms with Crippen LogP contribution in [0.1, 0.15) is 12.8 Å². The van der Waals surface area contributed by atoms with Gasteiger partial charge in [0.05, 0.1) is 6.61 Å². The van der Waals surface area contributed by atoms with Gasteiger partial charge in [-0.2, -0.15) is 0 Å². The Hall–Kier alpha value is -0.420. The van der Waals surface area contributed by atoms with E-state index in [1.165, 1.54) is 0 Å². The standard InChI is InChI=1S/C11H22N2O2/c1-2-5-13(6-7-14)10-11(12)3-8-15-9-4-11/h2,14H,1,3-10,12H2. The van der Waals surface area contributed by atoms with Gasteiger partial charge < -0.3 is 15.6 Å². The average molecular weight is 214 g/mol. The van der Waals surface area contributed by atoms with Gasteiger partial charge in [0.2, 0.25) is 0 Å². The second kappa shape index (κ2) is 6.23. The number of rotatable bonds is 6. The summed E-state index contributed by atoms with van der Waals surface area (Å²) in [6, 6.07) is 0. The van der Waals surface area contributed by atoms with Crippen LogP contribution >= 0.6 is 0 Å². The van der Waals surface area contributed by atoms with Crippen molar-refractivity contribution >= 4 is 0 Å². The van der Waals surface area contributed by atoms with Gasteiger partial charge in [-0.3, -0.25) is 4.90 Å². The lowest BCUT2D eigenvalue weighted by atomic mass is 9.90. The number of nitrogens with two attached hydrogens (primary N) is 1. The van der Waals surface area contributed by atoms with Gasteiger partial charge in [-0.15, -0.1) is 6.58 Å². The Morgan fingerprint density at radius 3 is 2.67 bits per heavy atom. The normalized spacial score (nSPS) is 20.5. The number of hydrogen-bond donors (Lipinski definition) is 2. The fraction of sp³-hybridized carbons (Fsp3) is 0.818. The maximum atomic E-state index is 8.94. The molecule has 1 aliphatic rings. The Bertz CT molecular complexity index is 191. The van der Waals surface area contributed by atoms with Crippen molar-refractivity contribution in [2.45, 2.75) is 18.4 Å². The van der Waals surface area contributed by atoms with Crippen LogP contribution in [0, 0.1) is 0 Å². The Labute approximate surface area is 91.7 Å². The molecular formula is C11H22N2O2. The van der Waals surface area contributed by atoms with Gasteiger partial charge in [-0.1, -0.05) is 6.08 Å². The summed E-state index contributed by atoms with van der Waals surface area (Å²) in [5.74, 6) is 0. The molecule has 1 aliphatic heterocycles. The van der Waals surface area contributed by atoms with Crippen molar-refractivity contribution in [2.75, 3.05) is 39.5 Å². The molecule has 1 fully saturated rings. The quantitative estimate of drug-likeness (QED) is 0.610. The largest absolute Gasteiger partial charge is 0.395 e. The van der Waals surface area contributed by atoms with Crippen LogP contribution in [-0.4, -0.2) is 55.0 Å². The van der Waals surface area contributed by atoms with E-state index in [2.05, 4.69) is 11.5 Å². The highest BCUT2D eigenvalue weighted by Gasteiger charge is 2.29. The predicted molar refractivity (Wildman–Crippen MR) is 60.7 cm³/mol. The third-order valence-corrected chi connectivity index (χ3v) is 2.83. The topological polar surface area (TPSA) is 58.7 Å². The van der Waals surface area contributed by atoms with Gasteiger partial charge in [-0.05, 0) is 12.8 Å². The highest BCUT2D eigenvalue weighted by atomic mass is 16.5. The lowest BCUT2D eigenvalue weighted by Gasteiger charge is -2.37. The first-order valence-corrected chi connectivity index (χ1v) is 5.51.